The molecule has 0 saturated carbocycles. The smallest absolute Gasteiger partial charge is 0.319 e. The van der Waals surface area contributed by atoms with Crippen LogP contribution in [-0.2, 0) is 0 Å². The number of hydrogen-bond donors (Lipinski definition) is 2. The molecule has 0 atom stereocenters. The number of aryl methyl sites for hydroxylation is 1. The van der Waals surface area contributed by atoms with Crippen molar-refractivity contribution in [3.8, 4) is 0 Å². The van der Waals surface area contributed by atoms with E-state index >= 15 is 0 Å². The van der Waals surface area contributed by atoms with Crippen molar-refractivity contribution < 1.29 is 9.72 Å². The molecule has 22 heavy (non-hydrogen) atoms. The molecular weight excluding hydrogens is 284 g/mol. The van der Waals surface area contributed by atoms with Gasteiger partial charge in [0.2, 0.25) is 0 Å². The summed E-state index contributed by atoms with van der Waals surface area (Å²) in [5.74, 6) is 0. The Balaban J connectivity index is 1.77. The number of benzene rings is 1. The number of piperidine rings is 1. The molecule has 120 valence electrons. The molecule has 1 fully saturated rings. The van der Waals surface area contributed by atoms with Gasteiger partial charge in [0.25, 0.3) is 5.69 Å². The Hall–Kier alpha value is -2.15. The number of nitrogens with zero attached hydrogens (tertiary/aromatic N) is 2. The van der Waals surface area contributed by atoms with E-state index in [0.29, 0.717) is 17.8 Å². The summed E-state index contributed by atoms with van der Waals surface area (Å²) in [6.07, 6.45) is 3.76. The Labute approximate surface area is 129 Å². The highest BCUT2D eigenvalue weighted by atomic mass is 16.6. The monoisotopic (exact) mass is 306 g/mol. The first kappa shape index (κ1) is 16.2. The van der Waals surface area contributed by atoms with Gasteiger partial charge in [0, 0.05) is 30.9 Å². The average molecular weight is 306 g/mol. The van der Waals surface area contributed by atoms with E-state index in [9.17, 15) is 14.9 Å². The highest BCUT2D eigenvalue weighted by molar-refractivity contribution is 5.90. The van der Waals surface area contributed by atoms with Crippen LogP contribution >= 0.6 is 0 Å². The molecule has 1 aromatic rings. The number of non-ortho nitro benzene ring substituents is 1. The lowest BCUT2D eigenvalue weighted by Crippen LogP contribution is -2.39. The molecule has 1 heterocycles. The van der Waals surface area contributed by atoms with Gasteiger partial charge in [-0.1, -0.05) is 6.42 Å². The zero-order valence-corrected chi connectivity index (χ0v) is 12.8. The van der Waals surface area contributed by atoms with Crippen molar-refractivity contribution in [1.29, 1.82) is 0 Å². The zero-order chi connectivity index (χ0) is 15.9. The van der Waals surface area contributed by atoms with Crippen molar-refractivity contribution >= 4 is 17.4 Å². The Bertz CT molecular complexity index is 542. The van der Waals surface area contributed by atoms with E-state index in [4.69, 9.17) is 0 Å². The minimum absolute atomic E-state index is 0.0218. The molecule has 0 radical (unpaired) electrons. The fourth-order valence-electron chi connectivity index (χ4n) is 2.58. The van der Waals surface area contributed by atoms with Crippen molar-refractivity contribution in [2.45, 2.75) is 26.2 Å². The minimum atomic E-state index is -0.449. The maximum Gasteiger partial charge on any atom is 0.319 e. The molecule has 1 aromatic carbocycles. The van der Waals surface area contributed by atoms with Crippen LogP contribution < -0.4 is 10.6 Å². The molecule has 0 aromatic heterocycles. The molecule has 0 unspecified atom stereocenters. The number of urea groups is 1. The van der Waals surface area contributed by atoms with Gasteiger partial charge in [-0.2, -0.15) is 0 Å². The third kappa shape index (κ3) is 4.70. The quantitative estimate of drug-likeness (QED) is 0.646. The number of nitro groups is 1. The molecular formula is C15H22N4O3. The molecule has 1 aliphatic heterocycles. The Morgan fingerprint density at radius 1 is 1.32 bits per heavy atom. The molecule has 0 bridgehead atoms. The van der Waals surface area contributed by atoms with Gasteiger partial charge in [-0.3, -0.25) is 10.1 Å². The molecule has 2 amide bonds. The molecule has 7 nitrogen and oxygen atoms in total. The summed E-state index contributed by atoms with van der Waals surface area (Å²) in [5.41, 5.74) is 1.27. The molecule has 0 spiro atoms. The lowest BCUT2D eigenvalue weighted by Gasteiger charge is -2.26. The third-order valence-electron chi connectivity index (χ3n) is 3.83. The number of likely N-dealkylation sites (tertiary alicyclic amines) is 1. The van der Waals surface area contributed by atoms with E-state index < -0.39 is 4.92 Å². The first-order valence-electron chi connectivity index (χ1n) is 7.58. The van der Waals surface area contributed by atoms with Gasteiger partial charge in [0.05, 0.1) is 4.92 Å². The van der Waals surface area contributed by atoms with Crippen molar-refractivity contribution in [2.75, 3.05) is 31.5 Å². The summed E-state index contributed by atoms with van der Waals surface area (Å²) >= 11 is 0. The predicted octanol–water partition coefficient (Wildman–Crippen LogP) is 2.51. The van der Waals surface area contributed by atoms with Crippen molar-refractivity contribution in [2.24, 2.45) is 0 Å². The minimum Gasteiger partial charge on any atom is -0.337 e. The van der Waals surface area contributed by atoms with Crippen molar-refractivity contribution in [3.63, 3.8) is 0 Å². The fraction of sp³-hybridized carbons (Fsp3) is 0.533. The second-order valence-electron chi connectivity index (χ2n) is 5.54. The summed E-state index contributed by atoms with van der Waals surface area (Å²) in [7, 11) is 0. The van der Waals surface area contributed by atoms with Gasteiger partial charge in [-0.25, -0.2) is 4.79 Å². The first-order chi connectivity index (χ1) is 10.6. The Morgan fingerprint density at radius 3 is 2.68 bits per heavy atom. The largest absolute Gasteiger partial charge is 0.337 e. The van der Waals surface area contributed by atoms with Crippen LogP contribution in [0.4, 0.5) is 16.2 Å². The van der Waals surface area contributed by atoms with E-state index in [0.717, 1.165) is 19.6 Å². The highest BCUT2D eigenvalue weighted by Crippen LogP contribution is 2.20. The summed E-state index contributed by atoms with van der Waals surface area (Å²) in [5, 5.41) is 16.2. The first-order valence-corrected chi connectivity index (χ1v) is 7.58. The molecule has 0 aliphatic carbocycles. The number of carbonyl (C=O) groups is 1. The SMILES string of the molecule is Cc1cc([N+](=O)[O-])ccc1NC(=O)NCCN1CCCCC1. The molecule has 7 heteroatoms. The number of amides is 2. The average Bonchev–Trinajstić information content (AvgIpc) is 2.50. The molecule has 2 rings (SSSR count). The summed E-state index contributed by atoms with van der Waals surface area (Å²) < 4.78 is 0. The second-order valence-corrected chi connectivity index (χ2v) is 5.54. The van der Waals surface area contributed by atoms with Gasteiger partial charge < -0.3 is 15.5 Å². The van der Waals surface area contributed by atoms with Gasteiger partial charge in [-0.05, 0) is 44.5 Å². The van der Waals surface area contributed by atoms with Crippen LogP contribution in [0.5, 0.6) is 0 Å². The highest BCUT2D eigenvalue weighted by Gasteiger charge is 2.11. The lowest BCUT2D eigenvalue weighted by atomic mass is 10.1. The maximum atomic E-state index is 11.9. The molecule has 2 N–H and O–H groups in total. The van der Waals surface area contributed by atoms with E-state index in [1.807, 2.05) is 0 Å². The third-order valence-corrected chi connectivity index (χ3v) is 3.83. The lowest BCUT2D eigenvalue weighted by molar-refractivity contribution is -0.384. The fourth-order valence-corrected chi connectivity index (χ4v) is 2.58. The summed E-state index contributed by atoms with van der Waals surface area (Å²) in [4.78, 5) is 24.4. The second kappa shape index (κ2) is 7.74. The van der Waals surface area contributed by atoms with Crippen LogP contribution in [0.2, 0.25) is 0 Å². The van der Waals surface area contributed by atoms with Gasteiger partial charge in [-0.15, -0.1) is 0 Å². The number of hydrogen-bond acceptors (Lipinski definition) is 4. The maximum absolute atomic E-state index is 11.9. The van der Waals surface area contributed by atoms with Crippen LogP contribution in [-0.4, -0.2) is 42.0 Å². The summed E-state index contributed by atoms with van der Waals surface area (Å²) in [6.45, 7) is 5.39. The molecule has 1 saturated heterocycles. The van der Waals surface area contributed by atoms with Crippen molar-refractivity contribution in [1.82, 2.24) is 10.2 Å². The number of rotatable bonds is 5. The number of anilines is 1. The van der Waals surface area contributed by atoms with Gasteiger partial charge >= 0.3 is 6.03 Å². The Kier molecular flexibility index (Phi) is 5.71. The van der Waals surface area contributed by atoms with E-state index in [-0.39, 0.29) is 11.7 Å². The van der Waals surface area contributed by atoms with Crippen LogP contribution in [0, 0.1) is 17.0 Å². The number of carbonyl (C=O) groups excluding carboxylic acids is 1. The van der Waals surface area contributed by atoms with Gasteiger partial charge in [0.1, 0.15) is 0 Å². The summed E-state index contributed by atoms with van der Waals surface area (Å²) in [6, 6.07) is 4.10. The zero-order valence-electron chi connectivity index (χ0n) is 12.8. The predicted molar refractivity (Wildman–Crippen MR) is 85.1 cm³/mol. The van der Waals surface area contributed by atoms with E-state index in [2.05, 4.69) is 15.5 Å². The standard InChI is InChI=1S/C15H22N4O3/c1-12-11-13(19(21)22)5-6-14(12)17-15(20)16-7-10-18-8-3-2-4-9-18/h5-6,11H,2-4,7-10H2,1H3,(H2,16,17,20). The van der Waals surface area contributed by atoms with Crippen molar-refractivity contribution in [3.05, 3.63) is 33.9 Å². The van der Waals surface area contributed by atoms with Crippen LogP contribution in [0.3, 0.4) is 0 Å². The molecule has 1 aliphatic rings. The van der Waals surface area contributed by atoms with Crippen LogP contribution in [0.15, 0.2) is 18.2 Å². The van der Waals surface area contributed by atoms with Crippen LogP contribution in [0.1, 0.15) is 24.8 Å². The number of nitrogens with one attached hydrogen (secondary N) is 2. The van der Waals surface area contributed by atoms with E-state index in [1.165, 1.54) is 31.4 Å². The van der Waals surface area contributed by atoms with Gasteiger partial charge in [0.15, 0.2) is 0 Å². The Morgan fingerprint density at radius 2 is 2.05 bits per heavy atom. The van der Waals surface area contributed by atoms with E-state index in [1.54, 1.807) is 13.0 Å². The van der Waals surface area contributed by atoms with Crippen LogP contribution in [0.25, 0.3) is 0 Å². The number of nitro benzene ring substituents is 1. The normalized spacial score (nSPS) is 15.3. The topological polar surface area (TPSA) is 87.5 Å².